The van der Waals surface area contributed by atoms with E-state index in [0.29, 0.717) is 10.7 Å². The molecule has 0 bridgehead atoms. The number of benzene rings is 1. The first-order chi connectivity index (χ1) is 11.3. The predicted molar refractivity (Wildman–Crippen MR) is 90.4 cm³/mol. The number of carbonyl (C=O) groups excluding carboxylic acids is 2. The highest BCUT2D eigenvalue weighted by molar-refractivity contribution is 7.15. The van der Waals surface area contributed by atoms with E-state index in [1.54, 1.807) is 6.92 Å². The molecular weight excluding hydrogens is 332 g/mol. The molecule has 2 aromatic rings. The van der Waals surface area contributed by atoms with Crippen LogP contribution in [0.2, 0.25) is 0 Å². The van der Waals surface area contributed by atoms with E-state index in [9.17, 15) is 19.7 Å². The van der Waals surface area contributed by atoms with Crippen molar-refractivity contribution < 1.29 is 14.5 Å². The van der Waals surface area contributed by atoms with Gasteiger partial charge in [-0.2, -0.15) is 0 Å². The standard InChI is InChI=1S/C15H16N4O4S/c1-8-4-5-11(6-12(8)19(22)23)14(21)16-7-13(20)18-15-17-9(2)10(3)24-15/h4-6H,7H2,1-3H3,(H,16,21)(H,17,18,20). The lowest BCUT2D eigenvalue weighted by Gasteiger charge is -2.06. The minimum absolute atomic E-state index is 0.126. The summed E-state index contributed by atoms with van der Waals surface area (Å²) in [6, 6.07) is 4.16. The Morgan fingerprint density at radius 1 is 1.29 bits per heavy atom. The van der Waals surface area contributed by atoms with Crippen molar-refractivity contribution in [3.05, 3.63) is 50.0 Å². The number of nitro groups is 1. The number of thiazole rings is 1. The van der Waals surface area contributed by atoms with Crippen molar-refractivity contribution in [3.63, 3.8) is 0 Å². The SMILES string of the molecule is Cc1ccc(C(=O)NCC(=O)Nc2nc(C)c(C)s2)cc1[N+](=O)[O-]. The molecule has 2 rings (SSSR count). The lowest BCUT2D eigenvalue weighted by molar-refractivity contribution is -0.385. The molecule has 1 heterocycles. The molecule has 0 aliphatic rings. The molecule has 0 fully saturated rings. The molecule has 8 nitrogen and oxygen atoms in total. The third-order valence-electron chi connectivity index (χ3n) is 3.35. The summed E-state index contributed by atoms with van der Waals surface area (Å²) >= 11 is 1.35. The van der Waals surface area contributed by atoms with Gasteiger partial charge in [0.15, 0.2) is 5.13 Å². The summed E-state index contributed by atoms with van der Waals surface area (Å²) in [7, 11) is 0. The van der Waals surface area contributed by atoms with Crippen molar-refractivity contribution in [3.8, 4) is 0 Å². The fourth-order valence-electron chi connectivity index (χ4n) is 1.90. The van der Waals surface area contributed by atoms with Crippen molar-refractivity contribution in [1.82, 2.24) is 10.3 Å². The Balaban J connectivity index is 1.96. The van der Waals surface area contributed by atoms with E-state index in [1.807, 2.05) is 13.8 Å². The Morgan fingerprint density at radius 2 is 2.00 bits per heavy atom. The second-order valence-corrected chi connectivity index (χ2v) is 6.35. The molecule has 0 aliphatic heterocycles. The van der Waals surface area contributed by atoms with E-state index in [-0.39, 0.29) is 17.8 Å². The summed E-state index contributed by atoms with van der Waals surface area (Å²) < 4.78 is 0. The van der Waals surface area contributed by atoms with Gasteiger partial charge in [0.25, 0.3) is 11.6 Å². The van der Waals surface area contributed by atoms with Gasteiger partial charge in [0.1, 0.15) is 0 Å². The fraction of sp³-hybridized carbons (Fsp3) is 0.267. The number of carbonyl (C=O) groups is 2. The average molecular weight is 348 g/mol. The summed E-state index contributed by atoms with van der Waals surface area (Å²) in [6.45, 7) is 5.08. The number of amides is 2. The molecule has 1 aromatic heterocycles. The van der Waals surface area contributed by atoms with Gasteiger partial charge >= 0.3 is 0 Å². The molecule has 0 saturated carbocycles. The van der Waals surface area contributed by atoms with Crippen molar-refractivity contribution in [2.24, 2.45) is 0 Å². The molecule has 0 spiro atoms. The van der Waals surface area contributed by atoms with Crippen LogP contribution in [0.3, 0.4) is 0 Å². The summed E-state index contributed by atoms with van der Waals surface area (Å²) in [5.41, 5.74) is 1.29. The van der Waals surface area contributed by atoms with Gasteiger partial charge < -0.3 is 10.6 Å². The maximum Gasteiger partial charge on any atom is 0.273 e. The first-order valence-electron chi connectivity index (χ1n) is 7.05. The zero-order chi connectivity index (χ0) is 17.9. The molecule has 0 radical (unpaired) electrons. The molecule has 0 atom stereocenters. The van der Waals surface area contributed by atoms with Crippen molar-refractivity contribution >= 4 is 34.0 Å². The zero-order valence-electron chi connectivity index (χ0n) is 13.4. The lowest BCUT2D eigenvalue weighted by Crippen LogP contribution is -2.32. The average Bonchev–Trinajstić information content (AvgIpc) is 2.82. The Morgan fingerprint density at radius 3 is 2.58 bits per heavy atom. The van der Waals surface area contributed by atoms with Gasteiger partial charge in [0.05, 0.1) is 17.2 Å². The minimum Gasteiger partial charge on any atom is -0.343 e. The van der Waals surface area contributed by atoms with Crippen LogP contribution >= 0.6 is 11.3 Å². The molecule has 2 N–H and O–H groups in total. The van der Waals surface area contributed by atoms with Crippen LogP contribution in [0.15, 0.2) is 18.2 Å². The number of aryl methyl sites for hydroxylation is 3. The molecule has 0 unspecified atom stereocenters. The number of nitrogens with zero attached hydrogens (tertiary/aromatic N) is 2. The number of nitro benzene ring substituents is 1. The van der Waals surface area contributed by atoms with E-state index in [4.69, 9.17) is 0 Å². The molecule has 126 valence electrons. The number of aromatic nitrogens is 1. The normalized spacial score (nSPS) is 10.3. The molecule has 0 aliphatic carbocycles. The smallest absolute Gasteiger partial charge is 0.273 e. The number of hydrogen-bond donors (Lipinski definition) is 2. The van der Waals surface area contributed by atoms with Crippen LogP contribution in [0.4, 0.5) is 10.8 Å². The maximum atomic E-state index is 12.0. The van der Waals surface area contributed by atoms with Crippen molar-refractivity contribution in [1.29, 1.82) is 0 Å². The summed E-state index contributed by atoms with van der Waals surface area (Å²) in [5.74, 6) is -0.974. The largest absolute Gasteiger partial charge is 0.343 e. The molecule has 2 amide bonds. The van der Waals surface area contributed by atoms with Crippen LogP contribution in [-0.2, 0) is 4.79 Å². The van der Waals surface area contributed by atoms with Gasteiger partial charge in [-0.25, -0.2) is 4.98 Å². The number of rotatable bonds is 5. The third kappa shape index (κ3) is 4.13. The van der Waals surface area contributed by atoms with Crippen LogP contribution in [-0.4, -0.2) is 28.3 Å². The van der Waals surface area contributed by atoms with Crippen LogP contribution in [0.1, 0.15) is 26.5 Å². The first kappa shape index (κ1) is 17.5. The van der Waals surface area contributed by atoms with Crippen molar-refractivity contribution in [2.45, 2.75) is 20.8 Å². The summed E-state index contributed by atoms with van der Waals surface area (Å²) in [4.78, 5) is 39.4. The fourth-order valence-corrected chi connectivity index (χ4v) is 2.73. The highest BCUT2D eigenvalue weighted by Gasteiger charge is 2.16. The first-order valence-corrected chi connectivity index (χ1v) is 7.86. The Labute approximate surface area is 142 Å². The van der Waals surface area contributed by atoms with Gasteiger partial charge in [-0.3, -0.25) is 19.7 Å². The number of nitrogens with one attached hydrogen (secondary N) is 2. The molecular formula is C15H16N4O4S. The summed E-state index contributed by atoms with van der Waals surface area (Å²) in [5, 5.41) is 16.4. The van der Waals surface area contributed by atoms with Gasteiger partial charge in [0, 0.05) is 22.1 Å². The molecule has 9 heteroatoms. The van der Waals surface area contributed by atoms with Crippen LogP contribution in [0, 0.1) is 30.9 Å². The quantitative estimate of drug-likeness (QED) is 0.636. The second kappa shape index (κ2) is 7.18. The number of hydrogen-bond acceptors (Lipinski definition) is 6. The second-order valence-electron chi connectivity index (χ2n) is 5.15. The van der Waals surface area contributed by atoms with Crippen LogP contribution in [0.5, 0.6) is 0 Å². The van der Waals surface area contributed by atoms with Crippen molar-refractivity contribution in [2.75, 3.05) is 11.9 Å². The molecule has 0 saturated heterocycles. The van der Waals surface area contributed by atoms with Crippen LogP contribution < -0.4 is 10.6 Å². The Kier molecular flexibility index (Phi) is 5.24. The van der Waals surface area contributed by atoms with Gasteiger partial charge in [-0.15, -0.1) is 11.3 Å². The van der Waals surface area contributed by atoms with E-state index in [1.165, 1.54) is 29.5 Å². The van der Waals surface area contributed by atoms with Gasteiger partial charge in [-0.05, 0) is 26.8 Å². The third-order valence-corrected chi connectivity index (χ3v) is 4.34. The highest BCUT2D eigenvalue weighted by atomic mass is 32.1. The van der Waals surface area contributed by atoms with Crippen LogP contribution in [0.25, 0.3) is 0 Å². The topological polar surface area (TPSA) is 114 Å². The highest BCUT2D eigenvalue weighted by Crippen LogP contribution is 2.21. The summed E-state index contributed by atoms with van der Waals surface area (Å²) in [6.07, 6.45) is 0. The number of anilines is 1. The van der Waals surface area contributed by atoms with E-state index in [0.717, 1.165) is 10.6 Å². The monoisotopic (exact) mass is 348 g/mol. The van der Waals surface area contributed by atoms with E-state index >= 15 is 0 Å². The van der Waals surface area contributed by atoms with E-state index in [2.05, 4.69) is 15.6 Å². The maximum absolute atomic E-state index is 12.0. The lowest BCUT2D eigenvalue weighted by atomic mass is 10.1. The molecule has 24 heavy (non-hydrogen) atoms. The van der Waals surface area contributed by atoms with E-state index < -0.39 is 16.7 Å². The predicted octanol–water partition coefficient (Wildman–Crippen LogP) is 2.35. The zero-order valence-corrected chi connectivity index (χ0v) is 14.2. The van der Waals surface area contributed by atoms with Gasteiger partial charge in [0.2, 0.25) is 5.91 Å². The minimum atomic E-state index is -0.556. The Hall–Kier alpha value is -2.81. The molecule has 1 aromatic carbocycles. The van der Waals surface area contributed by atoms with Gasteiger partial charge in [-0.1, -0.05) is 6.07 Å². The Bertz CT molecular complexity index is 796.